The summed E-state index contributed by atoms with van der Waals surface area (Å²) in [6, 6.07) is 13.1. The topological polar surface area (TPSA) is 109 Å². The van der Waals surface area contributed by atoms with Crippen molar-refractivity contribution in [3.05, 3.63) is 48.0 Å². The van der Waals surface area contributed by atoms with Gasteiger partial charge in [-0.1, -0.05) is 18.2 Å². The summed E-state index contributed by atoms with van der Waals surface area (Å²) in [5.74, 6) is 0.677. The molecule has 2 aliphatic heterocycles. The molecule has 4 N–H and O–H groups in total. The summed E-state index contributed by atoms with van der Waals surface area (Å²) in [5, 5.41) is 10.9. The van der Waals surface area contributed by atoms with E-state index in [1.165, 1.54) is 5.56 Å². The van der Waals surface area contributed by atoms with Crippen LogP contribution in [0.15, 0.2) is 42.5 Å². The Balaban J connectivity index is 1.19. The summed E-state index contributed by atoms with van der Waals surface area (Å²) < 4.78 is 5.57. The Bertz CT molecular complexity index is 1060. The molecule has 31 heavy (non-hydrogen) atoms. The van der Waals surface area contributed by atoms with Gasteiger partial charge < -0.3 is 20.7 Å². The Morgan fingerprint density at radius 3 is 2.65 bits per heavy atom. The quantitative estimate of drug-likeness (QED) is 0.573. The van der Waals surface area contributed by atoms with E-state index >= 15 is 0 Å². The predicted octanol–water partition coefficient (Wildman–Crippen LogP) is 2.93. The number of benzene rings is 2. The minimum Gasteiger partial charge on any atom is -0.493 e. The second-order valence-electron chi connectivity index (χ2n) is 8.36. The van der Waals surface area contributed by atoms with Gasteiger partial charge in [0.1, 0.15) is 11.3 Å². The van der Waals surface area contributed by atoms with Gasteiger partial charge >= 0.3 is 12.1 Å². The molecule has 2 aromatic rings. The van der Waals surface area contributed by atoms with Crippen LogP contribution in [-0.2, 0) is 11.2 Å². The number of amides is 5. The van der Waals surface area contributed by atoms with Gasteiger partial charge in [0.05, 0.1) is 6.61 Å². The number of nitrogens with one attached hydrogen (secondary N) is 4. The third-order valence-electron chi connectivity index (χ3n) is 6.33. The van der Waals surface area contributed by atoms with Crippen molar-refractivity contribution in [2.45, 2.75) is 43.7 Å². The van der Waals surface area contributed by atoms with Crippen LogP contribution in [0.25, 0.3) is 11.1 Å². The lowest BCUT2D eigenvalue weighted by Crippen LogP contribution is -2.53. The maximum absolute atomic E-state index is 12.5. The van der Waals surface area contributed by atoms with E-state index in [2.05, 4.69) is 27.3 Å². The monoisotopic (exact) mass is 420 g/mol. The lowest BCUT2D eigenvalue weighted by Gasteiger charge is -2.34. The van der Waals surface area contributed by atoms with Crippen LogP contribution in [0.4, 0.5) is 15.3 Å². The largest absolute Gasteiger partial charge is 0.493 e. The van der Waals surface area contributed by atoms with Crippen molar-refractivity contribution in [2.75, 3.05) is 11.9 Å². The van der Waals surface area contributed by atoms with Crippen molar-refractivity contribution in [1.29, 1.82) is 0 Å². The Labute approximate surface area is 179 Å². The minimum absolute atomic E-state index is 0.0455. The maximum Gasteiger partial charge on any atom is 0.322 e. The highest BCUT2D eigenvalue weighted by molar-refractivity contribution is 6.07. The molecule has 160 valence electrons. The number of anilines is 1. The first-order chi connectivity index (χ1) is 15.0. The molecular weight excluding hydrogens is 396 g/mol. The number of carbonyl (C=O) groups excluding carboxylic acids is 3. The third kappa shape index (κ3) is 3.81. The van der Waals surface area contributed by atoms with Crippen LogP contribution < -0.4 is 26.0 Å². The Morgan fingerprint density at radius 2 is 1.87 bits per heavy atom. The zero-order chi connectivity index (χ0) is 21.4. The molecule has 1 saturated carbocycles. The third-order valence-corrected chi connectivity index (χ3v) is 6.33. The molecule has 2 heterocycles. The molecule has 0 aromatic heterocycles. The fourth-order valence-corrected chi connectivity index (χ4v) is 4.63. The number of hydrogen-bond donors (Lipinski definition) is 4. The summed E-state index contributed by atoms with van der Waals surface area (Å²) in [6.45, 7) is 0.722. The molecule has 8 nitrogen and oxygen atoms in total. The zero-order valence-corrected chi connectivity index (χ0v) is 17.0. The van der Waals surface area contributed by atoms with Crippen LogP contribution >= 0.6 is 0 Å². The number of imide groups is 1. The molecule has 3 aliphatic rings. The molecular formula is C23H24N4O4. The molecule has 0 bridgehead atoms. The molecule has 5 amide bonds. The second-order valence-corrected chi connectivity index (χ2v) is 8.36. The molecule has 2 fully saturated rings. The molecule has 5 rings (SSSR count). The number of carbonyl (C=O) groups is 3. The van der Waals surface area contributed by atoms with Crippen molar-refractivity contribution >= 4 is 23.7 Å². The summed E-state index contributed by atoms with van der Waals surface area (Å²) in [7, 11) is 0. The van der Waals surface area contributed by atoms with Gasteiger partial charge in [-0.3, -0.25) is 10.1 Å². The van der Waals surface area contributed by atoms with Gasteiger partial charge in [-0.15, -0.1) is 0 Å². The molecule has 1 saturated heterocycles. The molecule has 1 aliphatic carbocycles. The highest BCUT2D eigenvalue weighted by atomic mass is 16.5. The first-order valence-corrected chi connectivity index (χ1v) is 10.6. The van der Waals surface area contributed by atoms with Crippen molar-refractivity contribution < 1.29 is 19.1 Å². The molecule has 0 unspecified atom stereocenters. The average molecular weight is 420 g/mol. The minimum atomic E-state index is -0.818. The van der Waals surface area contributed by atoms with Gasteiger partial charge in [0.15, 0.2) is 0 Å². The normalized spacial score (nSPS) is 24.2. The first kappa shape index (κ1) is 19.4. The first-order valence-electron chi connectivity index (χ1n) is 10.6. The standard InChI is InChI=1S/C23H24N4O4/c28-20-23(27-22(30)26-20)9-6-17(7-10-23)24-21(29)25-18-3-1-2-14(13-18)15-4-5-19-16(12-15)8-11-31-19/h1-5,12-13,17H,6-11H2,(H2,24,25,29)(H2,26,27,28,30). The van der Waals surface area contributed by atoms with E-state index in [-0.39, 0.29) is 18.0 Å². The fourth-order valence-electron chi connectivity index (χ4n) is 4.63. The van der Waals surface area contributed by atoms with Crippen LogP contribution in [0.2, 0.25) is 0 Å². The van der Waals surface area contributed by atoms with Gasteiger partial charge in [-0.05, 0) is 66.6 Å². The van der Waals surface area contributed by atoms with Gasteiger partial charge in [-0.25, -0.2) is 9.59 Å². The van der Waals surface area contributed by atoms with E-state index in [1.54, 1.807) is 0 Å². The summed E-state index contributed by atoms with van der Waals surface area (Å²) in [4.78, 5) is 36.0. The van der Waals surface area contributed by atoms with Gasteiger partial charge in [0.2, 0.25) is 0 Å². The van der Waals surface area contributed by atoms with E-state index in [4.69, 9.17) is 4.74 Å². The van der Waals surface area contributed by atoms with Gasteiger partial charge in [0, 0.05) is 18.2 Å². The number of hydrogen-bond acceptors (Lipinski definition) is 4. The van der Waals surface area contributed by atoms with Crippen molar-refractivity contribution in [3.8, 4) is 16.9 Å². The number of rotatable bonds is 3. The van der Waals surface area contributed by atoms with E-state index in [9.17, 15) is 14.4 Å². The zero-order valence-electron chi connectivity index (χ0n) is 17.0. The highest BCUT2D eigenvalue weighted by Gasteiger charge is 2.48. The maximum atomic E-state index is 12.5. The molecule has 1 spiro atoms. The Morgan fingerprint density at radius 1 is 1.06 bits per heavy atom. The molecule has 0 radical (unpaired) electrons. The van der Waals surface area contributed by atoms with Crippen LogP contribution in [0.3, 0.4) is 0 Å². The van der Waals surface area contributed by atoms with Gasteiger partial charge in [0.25, 0.3) is 5.91 Å². The molecule has 8 heteroatoms. The molecule has 0 atom stereocenters. The van der Waals surface area contributed by atoms with Crippen LogP contribution in [0, 0.1) is 0 Å². The smallest absolute Gasteiger partial charge is 0.322 e. The highest BCUT2D eigenvalue weighted by Crippen LogP contribution is 2.32. The summed E-state index contributed by atoms with van der Waals surface area (Å²) >= 11 is 0. The SMILES string of the molecule is O=C(Nc1cccc(-c2ccc3c(c2)CCO3)c1)NC1CCC2(CC1)NC(=O)NC2=O. The lowest BCUT2D eigenvalue weighted by molar-refractivity contribution is -0.125. The molecule has 2 aromatic carbocycles. The van der Waals surface area contributed by atoms with E-state index in [0.717, 1.165) is 29.9 Å². The van der Waals surface area contributed by atoms with Crippen molar-refractivity contribution in [1.82, 2.24) is 16.0 Å². The lowest BCUT2D eigenvalue weighted by atomic mass is 9.79. The average Bonchev–Trinajstić information content (AvgIpc) is 3.33. The number of urea groups is 2. The van der Waals surface area contributed by atoms with Crippen LogP contribution in [-0.4, -0.2) is 36.2 Å². The summed E-state index contributed by atoms with van der Waals surface area (Å²) in [6.07, 6.45) is 3.17. The fraction of sp³-hybridized carbons (Fsp3) is 0.348. The van der Waals surface area contributed by atoms with E-state index in [0.29, 0.717) is 31.4 Å². The van der Waals surface area contributed by atoms with Crippen molar-refractivity contribution in [2.24, 2.45) is 0 Å². The summed E-state index contributed by atoms with van der Waals surface area (Å²) in [5.41, 5.74) is 3.20. The Kier molecular flexibility index (Phi) is 4.77. The van der Waals surface area contributed by atoms with Crippen LogP contribution in [0.1, 0.15) is 31.2 Å². The van der Waals surface area contributed by atoms with Gasteiger partial charge in [-0.2, -0.15) is 0 Å². The van der Waals surface area contributed by atoms with Crippen molar-refractivity contribution in [3.63, 3.8) is 0 Å². The van der Waals surface area contributed by atoms with E-state index in [1.807, 2.05) is 36.4 Å². The Hall–Kier alpha value is -3.55. The van der Waals surface area contributed by atoms with E-state index < -0.39 is 11.6 Å². The number of ether oxygens (including phenoxy) is 1. The number of fused-ring (bicyclic) bond motifs is 1. The predicted molar refractivity (Wildman–Crippen MR) is 115 cm³/mol. The van der Waals surface area contributed by atoms with Crippen LogP contribution in [0.5, 0.6) is 5.75 Å². The second kappa shape index (κ2) is 7.61.